The third-order valence-corrected chi connectivity index (χ3v) is 7.16. The predicted molar refractivity (Wildman–Crippen MR) is 126 cm³/mol. The highest BCUT2D eigenvalue weighted by molar-refractivity contribution is 7.13. The van der Waals surface area contributed by atoms with Crippen molar-refractivity contribution >= 4 is 33.5 Å². The quantitative estimate of drug-likeness (QED) is 0.621. The van der Waals surface area contributed by atoms with E-state index in [1.807, 2.05) is 22.5 Å². The highest BCUT2D eigenvalue weighted by atomic mass is 32.1. The van der Waals surface area contributed by atoms with Crippen LogP contribution in [0.25, 0.3) is 11.0 Å². The maximum absolute atomic E-state index is 12.8. The molecule has 32 heavy (non-hydrogen) atoms. The van der Waals surface area contributed by atoms with E-state index in [1.165, 1.54) is 22.3 Å². The molecule has 0 aromatic carbocycles. The SMILES string of the molecule is CC1CN(Cc2csc(NC(=O)N3CCC(c4c[nH]c5ncccc45)CC3)n2)CC(C)O1. The van der Waals surface area contributed by atoms with E-state index in [0.29, 0.717) is 11.0 Å². The molecule has 0 radical (unpaired) electrons. The van der Waals surface area contributed by atoms with Gasteiger partial charge in [-0.2, -0.15) is 0 Å². The molecule has 5 rings (SSSR count). The van der Waals surface area contributed by atoms with Crippen LogP contribution in [0.1, 0.15) is 43.9 Å². The number of pyridine rings is 1. The largest absolute Gasteiger partial charge is 0.373 e. The molecule has 0 bridgehead atoms. The van der Waals surface area contributed by atoms with Crippen molar-refractivity contribution in [1.29, 1.82) is 0 Å². The first-order valence-corrected chi connectivity index (χ1v) is 12.2. The number of ether oxygens (including phenoxy) is 1. The average Bonchev–Trinajstić information content (AvgIpc) is 3.40. The minimum Gasteiger partial charge on any atom is -0.373 e. The fourth-order valence-electron chi connectivity index (χ4n) is 4.96. The summed E-state index contributed by atoms with van der Waals surface area (Å²) in [5, 5.41) is 6.90. The number of nitrogens with one attached hydrogen (secondary N) is 2. The third-order valence-electron chi connectivity index (χ3n) is 6.35. The average molecular weight is 455 g/mol. The van der Waals surface area contributed by atoms with Crippen LogP contribution in [0.3, 0.4) is 0 Å². The van der Waals surface area contributed by atoms with E-state index in [0.717, 1.165) is 56.9 Å². The molecular formula is C23H30N6O2S. The Morgan fingerprint density at radius 1 is 1.28 bits per heavy atom. The Labute approximate surface area is 192 Å². The molecule has 2 saturated heterocycles. The molecule has 170 valence electrons. The molecule has 2 aliphatic heterocycles. The van der Waals surface area contributed by atoms with Gasteiger partial charge in [0.25, 0.3) is 0 Å². The molecule has 9 heteroatoms. The van der Waals surface area contributed by atoms with Crippen molar-refractivity contribution in [1.82, 2.24) is 24.8 Å². The molecule has 5 heterocycles. The van der Waals surface area contributed by atoms with Crippen LogP contribution in [0.15, 0.2) is 29.9 Å². The summed E-state index contributed by atoms with van der Waals surface area (Å²) >= 11 is 1.49. The minimum absolute atomic E-state index is 0.0569. The summed E-state index contributed by atoms with van der Waals surface area (Å²) in [6.07, 6.45) is 6.25. The van der Waals surface area contributed by atoms with Gasteiger partial charge in [-0.15, -0.1) is 11.3 Å². The van der Waals surface area contributed by atoms with Gasteiger partial charge in [-0.05, 0) is 50.3 Å². The van der Waals surface area contributed by atoms with Gasteiger partial charge in [0.05, 0.1) is 17.9 Å². The van der Waals surface area contributed by atoms with E-state index in [1.54, 1.807) is 0 Å². The van der Waals surface area contributed by atoms with Crippen LogP contribution in [0.4, 0.5) is 9.93 Å². The van der Waals surface area contributed by atoms with Gasteiger partial charge >= 0.3 is 6.03 Å². The number of H-pyrrole nitrogens is 1. The first-order chi connectivity index (χ1) is 15.5. The van der Waals surface area contributed by atoms with Gasteiger partial charge in [0, 0.05) is 55.9 Å². The number of aromatic amines is 1. The van der Waals surface area contributed by atoms with Crippen molar-refractivity contribution in [3.63, 3.8) is 0 Å². The normalized spacial score (nSPS) is 23.0. The molecule has 2 unspecified atom stereocenters. The number of nitrogens with zero attached hydrogens (tertiary/aromatic N) is 4. The van der Waals surface area contributed by atoms with E-state index in [9.17, 15) is 4.79 Å². The standard InChI is InChI=1S/C23H30N6O2S/c1-15-11-28(12-16(2)31-15)13-18-14-32-22(26-18)27-23(30)29-8-5-17(6-9-29)20-10-25-21-19(20)4-3-7-24-21/h3-4,7,10,14-17H,5-6,8-9,11-13H2,1-2H3,(H,24,25)(H,26,27,30). The van der Waals surface area contributed by atoms with Gasteiger partial charge in [-0.1, -0.05) is 0 Å². The number of hydrogen-bond acceptors (Lipinski definition) is 6. The molecule has 2 fully saturated rings. The van der Waals surface area contributed by atoms with Crippen molar-refractivity contribution < 1.29 is 9.53 Å². The van der Waals surface area contributed by atoms with Crippen molar-refractivity contribution in [3.8, 4) is 0 Å². The predicted octanol–water partition coefficient (Wildman–Crippen LogP) is 4.04. The number of urea groups is 1. The number of carbonyl (C=O) groups excluding carboxylic acids is 1. The molecule has 0 aliphatic carbocycles. The first kappa shape index (κ1) is 21.4. The molecule has 2 amide bonds. The van der Waals surface area contributed by atoms with Crippen LogP contribution in [-0.4, -0.2) is 69.2 Å². The number of aromatic nitrogens is 3. The van der Waals surface area contributed by atoms with Crippen LogP contribution < -0.4 is 5.32 Å². The van der Waals surface area contributed by atoms with Crippen molar-refractivity contribution in [2.45, 2.75) is 51.4 Å². The molecular weight excluding hydrogens is 424 g/mol. The lowest BCUT2D eigenvalue weighted by molar-refractivity contribution is -0.0707. The van der Waals surface area contributed by atoms with Gasteiger partial charge < -0.3 is 14.6 Å². The number of rotatable bonds is 4. The number of thiazole rings is 1. The number of likely N-dealkylation sites (tertiary alicyclic amines) is 1. The Hall–Kier alpha value is -2.49. The Bertz CT molecular complexity index is 1060. The lowest BCUT2D eigenvalue weighted by Crippen LogP contribution is -2.44. The first-order valence-electron chi connectivity index (χ1n) is 11.4. The Morgan fingerprint density at radius 2 is 2.06 bits per heavy atom. The molecule has 3 aromatic rings. The van der Waals surface area contributed by atoms with Crippen LogP contribution in [0, 0.1) is 0 Å². The van der Waals surface area contributed by atoms with Gasteiger partial charge in [0.1, 0.15) is 5.65 Å². The summed E-state index contributed by atoms with van der Waals surface area (Å²) in [5.74, 6) is 0.446. The molecule has 3 aromatic heterocycles. The fourth-order valence-corrected chi connectivity index (χ4v) is 5.65. The highest BCUT2D eigenvalue weighted by Gasteiger charge is 2.26. The third kappa shape index (κ3) is 4.65. The van der Waals surface area contributed by atoms with Crippen LogP contribution in [0.2, 0.25) is 0 Å². The lowest BCUT2D eigenvalue weighted by atomic mass is 9.89. The molecule has 0 saturated carbocycles. The van der Waals surface area contributed by atoms with Crippen LogP contribution in [0.5, 0.6) is 0 Å². The molecule has 8 nitrogen and oxygen atoms in total. The smallest absolute Gasteiger partial charge is 0.323 e. The second kappa shape index (κ2) is 9.17. The van der Waals surface area contributed by atoms with E-state index in [4.69, 9.17) is 4.74 Å². The summed E-state index contributed by atoms with van der Waals surface area (Å²) in [6, 6.07) is 4.04. The maximum Gasteiger partial charge on any atom is 0.323 e. The Balaban J connectivity index is 1.14. The monoisotopic (exact) mass is 454 g/mol. The number of amides is 2. The zero-order valence-corrected chi connectivity index (χ0v) is 19.4. The second-order valence-corrected chi connectivity index (χ2v) is 9.79. The number of piperidine rings is 1. The summed E-state index contributed by atoms with van der Waals surface area (Å²) < 4.78 is 5.80. The van der Waals surface area contributed by atoms with Crippen LogP contribution in [-0.2, 0) is 11.3 Å². The number of morpholine rings is 1. The Morgan fingerprint density at radius 3 is 2.84 bits per heavy atom. The number of carbonyl (C=O) groups is 1. The van der Waals surface area contributed by atoms with Gasteiger partial charge in [-0.3, -0.25) is 10.2 Å². The fraction of sp³-hybridized carbons (Fsp3) is 0.522. The summed E-state index contributed by atoms with van der Waals surface area (Å²) in [7, 11) is 0. The number of hydrogen-bond donors (Lipinski definition) is 2. The zero-order valence-electron chi connectivity index (χ0n) is 18.6. The molecule has 0 spiro atoms. The Kier molecular flexibility index (Phi) is 6.12. The number of anilines is 1. The lowest BCUT2D eigenvalue weighted by Gasteiger charge is -2.34. The van der Waals surface area contributed by atoms with E-state index >= 15 is 0 Å². The maximum atomic E-state index is 12.8. The van der Waals surface area contributed by atoms with E-state index < -0.39 is 0 Å². The van der Waals surface area contributed by atoms with Crippen LogP contribution >= 0.6 is 11.3 Å². The summed E-state index contributed by atoms with van der Waals surface area (Å²) in [5.41, 5.74) is 3.24. The van der Waals surface area contributed by atoms with Crippen molar-refractivity contribution in [2.75, 3.05) is 31.5 Å². The van der Waals surface area contributed by atoms with E-state index in [2.05, 4.69) is 51.3 Å². The van der Waals surface area contributed by atoms with Crippen molar-refractivity contribution in [2.24, 2.45) is 0 Å². The minimum atomic E-state index is -0.0569. The number of fused-ring (bicyclic) bond motifs is 1. The van der Waals surface area contributed by atoms with Gasteiger partial charge in [0.2, 0.25) is 0 Å². The summed E-state index contributed by atoms with van der Waals surface area (Å²) in [4.78, 5) is 29.4. The molecule has 2 aliphatic rings. The van der Waals surface area contributed by atoms with E-state index in [-0.39, 0.29) is 18.2 Å². The highest BCUT2D eigenvalue weighted by Crippen LogP contribution is 2.32. The van der Waals surface area contributed by atoms with Gasteiger partial charge in [-0.25, -0.2) is 14.8 Å². The van der Waals surface area contributed by atoms with Crippen molar-refractivity contribution in [3.05, 3.63) is 41.2 Å². The summed E-state index contributed by atoms with van der Waals surface area (Å²) in [6.45, 7) is 8.30. The second-order valence-electron chi connectivity index (χ2n) is 8.93. The zero-order chi connectivity index (χ0) is 22.1. The van der Waals surface area contributed by atoms with Gasteiger partial charge in [0.15, 0.2) is 5.13 Å². The molecule has 2 atom stereocenters. The molecule has 2 N–H and O–H groups in total. The topological polar surface area (TPSA) is 86.4 Å².